The second kappa shape index (κ2) is 7.79. The van der Waals surface area contributed by atoms with Crippen LogP contribution >= 0.6 is 50.5 Å². The molecule has 0 aliphatic carbocycles. The van der Waals surface area contributed by atoms with Crippen LogP contribution in [0, 0.1) is 0 Å². The molecule has 3 nitrogen and oxygen atoms in total. The SMILES string of the molecule is O=C(NC(S)S)OC(S)S.[Ni]. The van der Waals surface area contributed by atoms with Crippen LogP contribution in [0.2, 0.25) is 0 Å². The van der Waals surface area contributed by atoms with Gasteiger partial charge in [0.2, 0.25) is 0 Å². The molecular weight excluding hydrogens is 269 g/mol. The third-order valence-electron chi connectivity index (χ3n) is 0.459. The molecule has 0 spiro atoms. The molecule has 0 saturated heterocycles. The van der Waals surface area contributed by atoms with Crippen LogP contribution in [0.15, 0.2) is 0 Å². The summed E-state index contributed by atoms with van der Waals surface area (Å²) in [4.78, 5) is 10.5. The predicted molar refractivity (Wildman–Crippen MR) is 53.1 cm³/mol. The molecule has 0 radical (unpaired) electrons. The maximum atomic E-state index is 10.5. The van der Waals surface area contributed by atoms with Gasteiger partial charge in [-0.15, -0.1) is 50.5 Å². The summed E-state index contributed by atoms with van der Waals surface area (Å²) in [5.41, 5.74) is 0. The number of ether oxygens (including phenoxy) is 1. The monoisotopic (exact) mass is 275 g/mol. The van der Waals surface area contributed by atoms with Crippen molar-refractivity contribution < 1.29 is 26.0 Å². The fourth-order valence-electron chi connectivity index (χ4n) is 0.235. The molecular formula is C3H7NNiO2S4. The summed E-state index contributed by atoms with van der Waals surface area (Å²) in [6, 6.07) is 0. The van der Waals surface area contributed by atoms with Crippen LogP contribution in [0.25, 0.3) is 0 Å². The van der Waals surface area contributed by atoms with E-state index in [1.54, 1.807) is 0 Å². The Morgan fingerprint density at radius 2 is 1.73 bits per heavy atom. The van der Waals surface area contributed by atoms with Crippen LogP contribution in [-0.4, -0.2) is 15.6 Å². The number of thiol groups is 4. The van der Waals surface area contributed by atoms with Crippen LogP contribution in [-0.2, 0) is 21.2 Å². The van der Waals surface area contributed by atoms with Gasteiger partial charge < -0.3 is 10.1 Å². The molecule has 70 valence electrons. The summed E-state index contributed by atoms with van der Waals surface area (Å²) in [6.07, 6.45) is -0.648. The van der Waals surface area contributed by atoms with Crippen molar-refractivity contribution in [3.63, 3.8) is 0 Å². The van der Waals surface area contributed by atoms with E-state index < -0.39 is 15.6 Å². The summed E-state index contributed by atoms with van der Waals surface area (Å²) >= 11 is 14.9. The van der Waals surface area contributed by atoms with Gasteiger partial charge in [0.15, 0.2) is 4.77 Å². The Balaban J connectivity index is 0. The zero-order chi connectivity index (χ0) is 8.15. The minimum Gasteiger partial charge on any atom is -0.425 e. The minimum atomic E-state index is -0.722. The maximum absolute atomic E-state index is 10.5. The number of rotatable bonds is 2. The smallest absolute Gasteiger partial charge is 0.410 e. The quantitative estimate of drug-likeness (QED) is 0.296. The number of alkyl carbamates (subject to hydrolysis) is 1. The van der Waals surface area contributed by atoms with E-state index in [4.69, 9.17) is 0 Å². The van der Waals surface area contributed by atoms with Crippen LogP contribution in [0.4, 0.5) is 4.79 Å². The zero-order valence-electron chi connectivity index (χ0n) is 5.08. The van der Waals surface area contributed by atoms with Crippen molar-refractivity contribution in [3.05, 3.63) is 0 Å². The predicted octanol–water partition coefficient (Wildman–Crippen LogP) is 0.996. The van der Waals surface area contributed by atoms with E-state index in [1.807, 2.05) is 0 Å². The molecule has 0 rings (SSSR count). The Morgan fingerprint density at radius 3 is 2.00 bits per heavy atom. The molecule has 11 heavy (non-hydrogen) atoms. The minimum absolute atomic E-state index is 0. The molecule has 1 N–H and O–H groups in total. The Labute approximate surface area is 97.0 Å². The number of amides is 1. The summed E-state index contributed by atoms with van der Waals surface area (Å²) < 4.78 is 3.19. The van der Waals surface area contributed by atoms with E-state index in [2.05, 4.69) is 60.6 Å². The molecule has 0 saturated carbocycles. The Morgan fingerprint density at radius 1 is 1.27 bits per heavy atom. The van der Waals surface area contributed by atoms with Gasteiger partial charge in [0.25, 0.3) is 0 Å². The summed E-state index contributed by atoms with van der Waals surface area (Å²) in [5.74, 6) is 0. The van der Waals surface area contributed by atoms with E-state index in [9.17, 15) is 4.79 Å². The van der Waals surface area contributed by atoms with Gasteiger partial charge in [-0.1, -0.05) is 0 Å². The Bertz CT molecular complexity index is 110. The summed E-state index contributed by atoms with van der Waals surface area (Å²) in [7, 11) is 0. The van der Waals surface area contributed by atoms with Gasteiger partial charge in [-0.25, -0.2) is 4.79 Å². The van der Waals surface area contributed by atoms with Gasteiger partial charge in [0.05, 0.1) is 0 Å². The maximum Gasteiger partial charge on any atom is 0.410 e. The van der Waals surface area contributed by atoms with Gasteiger partial charge in [0.1, 0.15) is 4.71 Å². The van der Waals surface area contributed by atoms with Gasteiger partial charge in [-0.05, 0) is 0 Å². The first-order valence-electron chi connectivity index (χ1n) is 2.22. The Hall–Kier alpha value is 1.16. The summed E-state index contributed by atoms with van der Waals surface area (Å²) in [6.45, 7) is 0. The molecule has 0 atom stereocenters. The average Bonchev–Trinajstić information content (AvgIpc) is 1.58. The number of hydrogen-bond acceptors (Lipinski definition) is 6. The molecule has 0 fully saturated rings. The van der Waals surface area contributed by atoms with Crippen molar-refractivity contribution in [2.75, 3.05) is 0 Å². The van der Waals surface area contributed by atoms with Crippen molar-refractivity contribution in [1.29, 1.82) is 0 Å². The Kier molecular flexibility index (Phi) is 10.4. The molecule has 0 aromatic carbocycles. The van der Waals surface area contributed by atoms with Crippen LogP contribution in [0.3, 0.4) is 0 Å². The van der Waals surface area contributed by atoms with Gasteiger partial charge in [0, 0.05) is 16.5 Å². The molecule has 0 aromatic heterocycles. The zero-order valence-corrected chi connectivity index (χ0v) is 9.64. The van der Waals surface area contributed by atoms with Gasteiger partial charge in [-0.2, -0.15) is 0 Å². The number of hydrogen-bond donors (Lipinski definition) is 5. The van der Waals surface area contributed by atoms with Crippen molar-refractivity contribution in [2.45, 2.75) is 9.47 Å². The topological polar surface area (TPSA) is 38.3 Å². The van der Waals surface area contributed by atoms with E-state index in [0.29, 0.717) is 0 Å². The second-order valence-electron chi connectivity index (χ2n) is 1.25. The van der Waals surface area contributed by atoms with Crippen LogP contribution in [0.5, 0.6) is 0 Å². The molecule has 8 heteroatoms. The fraction of sp³-hybridized carbons (Fsp3) is 0.667. The first-order chi connectivity index (χ1) is 4.52. The standard InChI is InChI=1S/C3H7NO2S4.Ni/c5-1(4-2(7)8)6-3(9)10;/h2-3,7-10H,(H,4,5);. The van der Waals surface area contributed by atoms with Crippen molar-refractivity contribution >= 4 is 56.6 Å². The van der Waals surface area contributed by atoms with E-state index in [-0.39, 0.29) is 16.5 Å². The molecule has 1 amide bonds. The summed E-state index contributed by atoms with van der Waals surface area (Å²) in [5, 5.41) is 2.24. The largest absolute Gasteiger partial charge is 0.425 e. The first kappa shape index (κ1) is 14.7. The number of carbonyl (C=O) groups is 1. The van der Waals surface area contributed by atoms with Crippen molar-refractivity contribution in [2.24, 2.45) is 0 Å². The fourth-order valence-corrected chi connectivity index (χ4v) is 0.637. The van der Waals surface area contributed by atoms with Crippen LogP contribution < -0.4 is 5.32 Å². The second-order valence-corrected chi connectivity index (χ2v) is 4.04. The molecule has 0 bridgehead atoms. The molecule has 0 aromatic rings. The molecule has 0 unspecified atom stereocenters. The third kappa shape index (κ3) is 11.2. The van der Waals surface area contributed by atoms with E-state index >= 15 is 0 Å². The average molecular weight is 276 g/mol. The van der Waals surface area contributed by atoms with Gasteiger partial charge in [-0.3, -0.25) is 0 Å². The normalized spacial score (nSPS) is 9.27. The third-order valence-corrected chi connectivity index (χ3v) is 0.928. The molecule has 0 aliphatic rings. The van der Waals surface area contributed by atoms with E-state index in [1.165, 1.54) is 0 Å². The molecule has 0 aliphatic heterocycles. The number of nitrogens with one attached hydrogen (secondary N) is 1. The van der Waals surface area contributed by atoms with Gasteiger partial charge >= 0.3 is 6.09 Å². The number of carbonyl (C=O) groups excluding carboxylic acids is 1. The van der Waals surface area contributed by atoms with Crippen molar-refractivity contribution in [1.82, 2.24) is 5.32 Å². The molecule has 0 heterocycles. The first-order valence-corrected chi connectivity index (χ1v) is 4.28. The van der Waals surface area contributed by atoms with Crippen LogP contribution in [0.1, 0.15) is 0 Å². The van der Waals surface area contributed by atoms with Crippen molar-refractivity contribution in [3.8, 4) is 0 Å². The van der Waals surface area contributed by atoms with E-state index in [0.717, 1.165) is 0 Å².